The molecule has 39 heavy (non-hydrogen) atoms. The van der Waals surface area contributed by atoms with Crippen LogP contribution in [0.4, 0.5) is 0 Å². The average molecular weight is 708 g/mol. The van der Waals surface area contributed by atoms with Gasteiger partial charge in [-0.05, 0) is 31.0 Å². The van der Waals surface area contributed by atoms with Gasteiger partial charge in [-0.2, -0.15) is 0 Å². The molecule has 1 radical (unpaired) electrons. The second-order valence-corrected chi connectivity index (χ2v) is 8.25. The van der Waals surface area contributed by atoms with Gasteiger partial charge in [0.05, 0.1) is 39.3 Å². The maximum absolute atomic E-state index is 11.5. The molecule has 0 bridgehead atoms. The van der Waals surface area contributed by atoms with Crippen molar-refractivity contribution in [1.82, 2.24) is 14.7 Å². The van der Waals surface area contributed by atoms with Crippen molar-refractivity contribution in [3.05, 3.63) is 29.8 Å². The van der Waals surface area contributed by atoms with E-state index in [1.165, 1.54) is 9.80 Å². The van der Waals surface area contributed by atoms with Gasteiger partial charge in [0.2, 0.25) is 0 Å². The molecule has 1 rings (SSSR count). The van der Waals surface area contributed by atoms with Crippen molar-refractivity contribution in [1.29, 1.82) is 0 Å². The summed E-state index contributed by atoms with van der Waals surface area (Å²) in [5.74, 6) is -5.65. The van der Waals surface area contributed by atoms with Crippen LogP contribution in [0.3, 0.4) is 0 Å². The molecule has 0 spiro atoms. The first-order chi connectivity index (χ1) is 17.4. The Kier molecular flexibility index (Phi) is 21.7. The Morgan fingerprint density at radius 3 is 1.54 bits per heavy atom. The molecule has 0 aliphatic heterocycles. The summed E-state index contributed by atoms with van der Waals surface area (Å²) in [4.78, 5) is 60.4. The van der Waals surface area contributed by atoms with E-state index in [9.17, 15) is 39.3 Å². The van der Waals surface area contributed by atoms with E-state index in [0.717, 1.165) is 10.5 Å². The summed E-state index contributed by atoms with van der Waals surface area (Å²) in [6, 6.07) is 6.14. The van der Waals surface area contributed by atoms with Crippen molar-refractivity contribution < 1.29 is 124 Å². The maximum Gasteiger partial charge on any atom is 3.00 e. The molecular weight excluding hydrogens is 675 g/mol. The van der Waals surface area contributed by atoms with Gasteiger partial charge in [0, 0.05) is 25.7 Å². The number of rotatable bonds is 20. The van der Waals surface area contributed by atoms with Crippen LogP contribution < -0.4 is 34.3 Å². The number of ether oxygens (including phenoxy) is 1. The molecule has 0 unspecified atom stereocenters. The molecule has 0 aliphatic rings. The fraction of sp³-hybridized carbons (Fsp3) is 0.522. The third-order valence-electron chi connectivity index (χ3n) is 5.18. The molecular formula is C23H33GdN3NaO11+4. The summed E-state index contributed by atoms with van der Waals surface area (Å²) in [6.45, 7) is -0.837. The monoisotopic (exact) mass is 708 g/mol. The molecule has 1 aromatic carbocycles. The van der Waals surface area contributed by atoms with Gasteiger partial charge in [-0.3, -0.25) is 38.7 Å². The van der Waals surface area contributed by atoms with Crippen molar-refractivity contribution in [2.45, 2.75) is 19.4 Å². The van der Waals surface area contributed by atoms with E-state index in [1.807, 2.05) is 6.92 Å². The Balaban J connectivity index is 0. The van der Waals surface area contributed by atoms with E-state index in [-0.39, 0.29) is 95.6 Å². The number of nitrogens with zero attached hydrogens (tertiary/aromatic N) is 3. The average Bonchev–Trinajstić information content (AvgIpc) is 2.76. The predicted molar refractivity (Wildman–Crippen MR) is 128 cm³/mol. The van der Waals surface area contributed by atoms with E-state index in [4.69, 9.17) is 14.9 Å². The smallest absolute Gasteiger partial charge is 0.494 e. The van der Waals surface area contributed by atoms with E-state index in [0.29, 0.717) is 12.4 Å². The normalized spacial score (nSPS) is 11.4. The maximum atomic E-state index is 11.5. The van der Waals surface area contributed by atoms with Crippen LogP contribution in [0, 0.1) is 39.9 Å². The van der Waals surface area contributed by atoms with Gasteiger partial charge in [0.25, 0.3) is 0 Å². The van der Waals surface area contributed by atoms with E-state index >= 15 is 0 Å². The Morgan fingerprint density at radius 1 is 0.718 bits per heavy atom. The number of carbonyl (C=O) groups is 5. The number of hydrogen-bond acceptors (Lipinski definition) is 9. The Morgan fingerprint density at radius 2 is 1.13 bits per heavy atom. The van der Waals surface area contributed by atoms with Gasteiger partial charge < -0.3 is 30.3 Å². The first-order valence-corrected chi connectivity index (χ1v) is 11.4. The standard InChI is InChI=1S/C23H33N3O11.Gd.Na/c1-2-37-18-5-3-16(4-6-18)9-17(26(14-22(33)34)15-23(35)36)10-24(11-19(27)28)7-8-25(12-20(29)30)13-21(31)32;;/h3-6,17H,2,7-15H2,1H3,(H,27,28)(H,29,30)(H,31,32)(H,33,34)(H,35,36);;/q;+3;+1/t17-;;/m0../s1. The second-order valence-electron chi connectivity index (χ2n) is 8.25. The second kappa shape index (κ2) is 21.3. The van der Waals surface area contributed by atoms with Crippen LogP contribution >= 0.6 is 0 Å². The molecule has 0 aliphatic carbocycles. The zero-order chi connectivity index (χ0) is 28.0. The van der Waals surface area contributed by atoms with E-state index < -0.39 is 68.6 Å². The molecule has 5 N–H and O–H groups in total. The summed E-state index contributed by atoms with van der Waals surface area (Å²) in [7, 11) is 0. The Bertz CT molecular complexity index is 904. The molecule has 16 heteroatoms. The zero-order valence-corrected chi connectivity index (χ0v) is 26.1. The van der Waals surface area contributed by atoms with Crippen LogP contribution in [0.1, 0.15) is 12.5 Å². The number of carboxylic acids is 5. The van der Waals surface area contributed by atoms with Crippen LogP contribution in [0.15, 0.2) is 24.3 Å². The van der Waals surface area contributed by atoms with Gasteiger partial charge in [-0.15, -0.1) is 0 Å². The zero-order valence-electron chi connectivity index (χ0n) is 21.8. The minimum atomic E-state index is -1.27. The van der Waals surface area contributed by atoms with Crippen molar-refractivity contribution >= 4 is 29.8 Å². The molecule has 211 valence electrons. The largest absolute Gasteiger partial charge is 3.00 e. The summed E-state index contributed by atoms with van der Waals surface area (Å²) in [5.41, 5.74) is 0.725. The molecule has 14 nitrogen and oxygen atoms in total. The molecule has 0 fully saturated rings. The number of aliphatic carboxylic acids is 5. The van der Waals surface area contributed by atoms with Gasteiger partial charge in [0.15, 0.2) is 0 Å². The van der Waals surface area contributed by atoms with Crippen molar-refractivity contribution in [3.63, 3.8) is 0 Å². The quantitative estimate of drug-likeness (QED) is 0.0829. The number of carboxylic acid groups (broad SMARTS) is 5. The van der Waals surface area contributed by atoms with Crippen LogP contribution in [0.5, 0.6) is 5.75 Å². The van der Waals surface area contributed by atoms with Gasteiger partial charge in [-0.1, -0.05) is 12.1 Å². The molecule has 0 saturated heterocycles. The third-order valence-corrected chi connectivity index (χ3v) is 5.18. The van der Waals surface area contributed by atoms with Gasteiger partial charge >= 0.3 is 99.3 Å². The third kappa shape index (κ3) is 18.5. The van der Waals surface area contributed by atoms with Gasteiger partial charge in [0.1, 0.15) is 5.75 Å². The summed E-state index contributed by atoms with van der Waals surface area (Å²) in [5, 5.41) is 46.2. The van der Waals surface area contributed by atoms with Crippen LogP contribution in [-0.2, 0) is 30.4 Å². The number of hydrogen-bond donors (Lipinski definition) is 5. The molecule has 0 saturated carbocycles. The minimum Gasteiger partial charge on any atom is -0.494 e. The summed E-state index contributed by atoms with van der Waals surface area (Å²) < 4.78 is 5.41. The molecule has 1 atom stereocenters. The van der Waals surface area contributed by atoms with Gasteiger partial charge in [-0.25, -0.2) is 0 Å². The Labute approximate surface area is 279 Å². The first-order valence-electron chi connectivity index (χ1n) is 11.4. The molecule has 0 amide bonds. The molecule has 0 heterocycles. The summed E-state index contributed by atoms with van der Waals surface area (Å²) in [6.07, 6.45) is 0.178. The molecule has 1 aromatic rings. The topological polar surface area (TPSA) is 205 Å². The van der Waals surface area contributed by atoms with Crippen molar-refractivity contribution in [2.75, 3.05) is 59.0 Å². The predicted octanol–water partition coefficient (Wildman–Crippen LogP) is -3.67. The molecule has 0 aromatic heterocycles. The fourth-order valence-electron chi connectivity index (χ4n) is 3.73. The van der Waals surface area contributed by atoms with Crippen LogP contribution in [0.25, 0.3) is 0 Å². The Hall–Kier alpha value is -1.43. The van der Waals surface area contributed by atoms with Crippen molar-refractivity contribution in [3.8, 4) is 5.75 Å². The van der Waals surface area contributed by atoms with Crippen LogP contribution in [-0.4, -0.2) is 135 Å². The first kappa shape index (κ1) is 39.7. The minimum absolute atomic E-state index is 0. The van der Waals surface area contributed by atoms with Crippen LogP contribution in [0.2, 0.25) is 0 Å². The number of benzene rings is 1. The SMILES string of the molecule is CCOc1ccc(C[C@@H](CN(CCN(CC(=O)O)CC(=O)O)CC(=O)O)N(CC(=O)O)CC(=O)O)cc1.[Gd+3].[Na+]. The summed E-state index contributed by atoms with van der Waals surface area (Å²) >= 11 is 0. The fourth-order valence-corrected chi connectivity index (χ4v) is 3.73. The van der Waals surface area contributed by atoms with E-state index in [2.05, 4.69) is 0 Å². The van der Waals surface area contributed by atoms with E-state index in [1.54, 1.807) is 24.3 Å². The van der Waals surface area contributed by atoms with Crippen molar-refractivity contribution in [2.24, 2.45) is 0 Å².